The van der Waals surface area contributed by atoms with Crippen molar-refractivity contribution in [2.24, 2.45) is 0 Å². The SMILES string of the molecule is CCOc1ccc(-c2ccc(OC)c(N)c2)cc1. The molecule has 0 aliphatic carbocycles. The fraction of sp³-hybridized carbons (Fsp3) is 0.200. The summed E-state index contributed by atoms with van der Waals surface area (Å²) in [5.74, 6) is 1.58. The van der Waals surface area contributed by atoms with Crippen LogP contribution >= 0.6 is 0 Å². The first-order valence-electron chi connectivity index (χ1n) is 5.91. The van der Waals surface area contributed by atoms with Crippen LogP contribution in [0.4, 0.5) is 5.69 Å². The standard InChI is InChI=1S/C15H17NO2/c1-3-18-13-7-4-11(5-8-13)12-6-9-15(17-2)14(16)10-12/h4-10H,3,16H2,1-2H3. The quantitative estimate of drug-likeness (QED) is 0.837. The van der Waals surface area contributed by atoms with Crippen LogP contribution in [0.5, 0.6) is 11.5 Å². The second-order valence-electron chi connectivity index (χ2n) is 3.91. The van der Waals surface area contributed by atoms with Gasteiger partial charge in [-0.1, -0.05) is 18.2 Å². The molecule has 0 aliphatic rings. The van der Waals surface area contributed by atoms with Crippen LogP contribution in [0.1, 0.15) is 6.92 Å². The predicted octanol–water partition coefficient (Wildman–Crippen LogP) is 3.34. The van der Waals surface area contributed by atoms with Crippen molar-refractivity contribution in [3.63, 3.8) is 0 Å². The molecule has 94 valence electrons. The van der Waals surface area contributed by atoms with Gasteiger partial charge in [0.2, 0.25) is 0 Å². The van der Waals surface area contributed by atoms with E-state index in [2.05, 4.69) is 0 Å². The van der Waals surface area contributed by atoms with Gasteiger partial charge in [-0.2, -0.15) is 0 Å². The molecule has 18 heavy (non-hydrogen) atoms. The van der Waals surface area contributed by atoms with E-state index in [0.29, 0.717) is 18.0 Å². The van der Waals surface area contributed by atoms with Crippen molar-refractivity contribution in [3.8, 4) is 22.6 Å². The number of anilines is 1. The molecule has 3 nitrogen and oxygen atoms in total. The van der Waals surface area contributed by atoms with Crippen molar-refractivity contribution >= 4 is 5.69 Å². The number of nitrogen functional groups attached to an aromatic ring is 1. The minimum atomic E-state index is 0.642. The van der Waals surface area contributed by atoms with Crippen LogP contribution < -0.4 is 15.2 Å². The van der Waals surface area contributed by atoms with Gasteiger partial charge in [-0.15, -0.1) is 0 Å². The van der Waals surface area contributed by atoms with Crippen molar-refractivity contribution in [3.05, 3.63) is 42.5 Å². The van der Waals surface area contributed by atoms with Crippen LogP contribution in [-0.4, -0.2) is 13.7 Å². The van der Waals surface area contributed by atoms with E-state index in [1.807, 2.05) is 49.4 Å². The van der Waals surface area contributed by atoms with Gasteiger partial charge in [0.15, 0.2) is 0 Å². The van der Waals surface area contributed by atoms with Gasteiger partial charge in [0.25, 0.3) is 0 Å². The molecule has 2 rings (SSSR count). The number of hydrogen-bond acceptors (Lipinski definition) is 3. The van der Waals surface area contributed by atoms with Gasteiger partial charge >= 0.3 is 0 Å². The number of nitrogens with two attached hydrogens (primary N) is 1. The van der Waals surface area contributed by atoms with Gasteiger partial charge in [0, 0.05) is 0 Å². The first-order chi connectivity index (χ1) is 8.74. The van der Waals surface area contributed by atoms with Gasteiger partial charge in [-0.3, -0.25) is 0 Å². The molecule has 0 fully saturated rings. The summed E-state index contributed by atoms with van der Waals surface area (Å²) in [6.45, 7) is 2.65. The molecule has 0 aliphatic heterocycles. The summed E-state index contributed by atoms with van der Waals surface area (Å²) in [6, 6.07) is 13.7. The molecule has 0 saturated carbocycles. The van der Waals surface area contributed by atoms with E-state index in [1.165, 1.54) is 0 Å². The average Bonchev–Trinajstić information content (AvgIpc) is 2.40. The van der Waals surface area contributed by atoms with Gasteiger partial charge in [0.1, 0.15) is 11.5 Å². The van der Waals surface area contributed by atoms with Crippen LogP contribution in [-0.2, 0) is 0 Å². The molecule has 0 saturated heterocycles. The summed E-state index contributed by atoms with van der Waals surface area (Å²) < 4.78 is 10.6. The van der Waals surface area contributed by atoms with Crippen LogP contribution in [0.15, 0.2) is 42.5 Å². The molecule has 3 heteroatoms. The van der Waals surface area contributed by atoms with E-state index >= 15 is 0 Å². The summed E-state index contributed by atoms with van der Waals surface area (Å²) in [7, 11) is 1.61. The van der Waals surface area contributed by atoms with Gasteiger partial charge in [0.05, 0.1) is 19.4 Å². The second-order valence-corrected chi connectivity index (χ2v) is 3.91. The smallest absolute Gasteiger partial charge is 0.141 e. The van der Waals surface area contributed by atoms with E-state index in [0.717, 1.165) is 16.9 Å². The maximum Gasteiger partial charge on any atom is 0.141 e. The first-order valence-corrected chi connectivity index (χ1v) is 5.91. The molecular weight excluding hydrogens is 226 g/mol. The Morgan fingerprint density at radius 2 is 1.67 bits per heavy atom. The summed E-state index contributed by atoms with van der Waals surface area (Å²) in [5.41, 5.74) is 8.71. The highest BCUT2D eigenvalue weighted by Gasteiger charge is 2.03. The molecule has 2 N–H and O–H groups in total. The average molecular weight is 243 g/mol. The Kier molecular flexibility index (Phi) is 3.72. The molecule has 0 heterocycles. The molecule has 0 radical (unpaired) electrons. The maximum atomic E-state index is 5.90. The van der Waals surface area contributed by atoms with Crippen LogP contribution in [0.3, 0.4) is 0 Å². The lowest BCUT2D eigenvalue weighted by molar-refractivity contribution is 0.340. The molecule has 0 unspecified atom stereocenters. The molecule has 0 aromatic heterocycles. The molecular formula is C15H17NO2. The molecule has 2 aromatic rings. The summed E-state index contributed by atoms with van der Waals surface area (Å²) in [6.07, 6.45) is 0. The third kappa shape index (κ3) is 2.56. The van der Waals surface area contributed by atoms with E-state index in [9.17, 15) is 0 Å². The summed E-state index contributed by atoms with van der Waals surface area (Å²) in [4.78, 5) is 0. The van der Waals surface area contributed by atoms with Gasteiger partial charge in [-0.25, -0.2) is 0 Å². The van der Waals surface area contributed by atoms with Crippen molar-refractivity contribution in [2.75, 3.05) is 19.5 Å². The van der Waals surface area contributed by atoms with Crippen molar-refractivity contribution in [1.82, 2.24) is 0 Å². The Balaban J connectivity index is 2.28. The van der Waals surface area contributed by atoms with Gasteiger partial charge in [-0.05, 0) is 42.3 Å². The number of methoxy groups -OCH3 is 1. The lowest BCUT2D eigenvalue weighted by Crippen LogP contribution is -1.93. The molecule has 2 aromatic carbocycles. The van der Waals surface area contributed by atoms with E-state index in [-0.39, 0.29) is 0 Å². The topological polar surface area (TPSA) is 44.5 Å². The Hall–Kier alpha value is -2.16. The van der Waals surface area contributed by atoms with Crippen LogP contribution in [0, 0.1) is 0 Å². The molecule has 0 amide bonds. The Labute approximate surface area is 107 Å². The van der Waals surface area contributed by atoms with E-state index in [4.69, 9.17) is 15.2 Å². The minimum Gasteiger partial charge on any atom is -0.495 e. The number of benzene rings is 2. The third-order valence-corrected chi connectivity index (χ3v) is 2.73. The Morgan fingerprint density at radius 3 is 2.22 bits per heavy atom. The monoisotopic (exact) mass is 243 g/mol. The van der Waals surface area contributed by atoms with Crippen molar-refractivity contribution in [2.45, 2.75) is 6.92 Å². The first kappa shape index (κ1) is 12.3. The van der Waals surface area contributed by atoms with Crippen molar-refractivity contribution in [1.29, 1.82) is 0 Å². The Bertz CT molecular complexity index is 521. The summed E-state index contributed by atoms with van der Waals surface area (Å²) >= 11 is 0. The zero-order chi connectivity index (χ0) is 13.0. The molecule has 0 bridgehead atoms. The lowest BCUT2D eigenvalue weighted by Gasteiger charge is -2.08. The highest BCUT2D eigenvalue weighted by atomic mass is 16.5. The highest BCUT2D eigenvalue weighted by Crippen LogP contribution is 2.29. The zero-order valence-electron chi connectivity index (χ0n) is 10.6. The third-order valence-electron chi connectivity index (χ3n) is 2.73. The van der Waals surface area contributed by atoms with Crippen molar-refractivity contribution < 1.29 is 9.47 Å². The van der Waals surface area contributed by atoms with E-state index < -0.39 is 0 Å². The molecule has 0 atom stereocenters. The van der Waals surface area contributed by atoms with Gasteiger partial charge < -0.3 is 15.2 Å². The highest BCUT2D eigenvalue weighted by molar-refractivity contribution is 5.71. The van der Waals surface area contributed by atoms with Crippen LogP contribution in [0.2, 0.25) is 0 Å². The Morgan fingerprint density at radius 1 is 1.00 bits per heavy atom. The predicted molar refractivity (Wildman–Crippen MR) is 74.0 cm³/mol. The number of hydrogen-bond donors (Lipinski definition) is 1. The number of ether oxygens (including phenoxy) is 2. The largest absolute Gasteiger partial charge is 0.495 e. The number of rotatable bonds is 4. The fourth-order valence-electron chi connectivity index (χ4n) is 1.82. The zero-order valence-corrected chi connectivity index (χ0v) is 10.6. The van der Waals surface area contributed by atoms with Crippen LogP contribution in [0.25, 0.3) is 11.1 Å². The lowest BCUT2D eigenvalue weighted by atomic mass is 10.0. The maximum absolute atomic E-state index is 5.90. The minimum absolute atomic E-state index is 0.642. The second kappa shape index (κ2) is 5.45. The molecule has 0 spiro atoms. The van der Waals surface area contributed by atoms with E-state index in [1.54, 1.807) is 7.11 Å². The fourth-order valence-corrected chi connectivity index (χ4v) is 1.82. The summed E-state index contributed by atoms with van der Waals surface area (Å²) in [5, 5.41) is 0. The normalized spacial score (nSPS) is 10.1.